The van der Waals surface area contributed by atoms with Crippen molar-refractivity contribution in [3.8, 4) is 0 Å². The Kier molecular flexibility index (Phi) is 4.58. The van der Waals surface area contributed by atoms with Gasteiger partial charge in [-0.25, -0.2) is 0 Å². The summed E-state index contributed by atoms with van der Waals surface area (Å²) in [6.45, 7) is 9.94. The molecule has 0 bridgehead atoms. The summed E-state index contributed by atoms with van der Waals surface area (Å²) in [4.78, 5) is 7.52. The van der Waals surface area contributed by atoms with E-state index >= 15 is 0 Å². The maximum Gasteiger partial charge on any atom is 0.0351 e. The van der Waals surface area contributed by atoms with E-state index in [2.05, 4.69) is 34.1 Å². The van der Waals surface area contributed by atoms with Crippen LogP contribution in [0.25, 0.3) is 0 Å². The minimum absolute atomic E-state index is 0.849. The topological polar surface area (TPSA) is 21.8 Å². The van der Waals surface area contributed by atoms with Crippen LogP contribution in [0.5, 0.6) is 0 Å². The monoisotopic (exact) mass is 226 g/mol. The summed E-state index contributed by atoms with van der Waals surface area (Å²) in [6.07, 6.45) is 1.31. The highest BCUT2D eigenvalue weighted by molar-refractivity contribution is 4.89. The number of piperazine rings is 1. The zero-order valence-electron chi connectivity index (χ0n) is 10.8. The molecule has 2 rings (SSSR count). The Morgan fingerprint density at radius 2 is 1.88 bits per heavy atom. The van der Waals surface area contributed by atoms with Crippen molar-refractivity contribution >= 4 is 0 Å². The number of nitrogens with zero attached hydrogens (tertiary/aromatic N) is 3. The van der Waals surface area contributed by atoms with Gasteiger partial charge in [-0.05, 0) is 33.6 Å². The van der Waals surface area contributed by atoms with Gasteiger partial charge in [-0.3, -0.25) is 4.90 Å². The molecule has 2 heterocycles. The van der Waals surface area contributed by atoms with E-state index in [0.29, 0.717) is 0 Å². The summed E-state index contributed by atoms with van der Waals surface area (Å²) >= 11 is 0. The molecule has 16 heavy (non-hydrogen) atoms. The number of nitrogens with one attached hydrogen (secondary N) is 1. The Labute approximate surface area is 99.6 Å². The van der Waals surface area contributed by atoms with Gasteiger partial charge in [-0.1, -0.05) is 0 Å². The van der Waals surface area contributed by atoms with Gasteiger partial charge in [0.25, 0.3) is 0 Å². The molecule has 0 spiro atoms. The van der Waals surface area contributed by atoms with E-state index in [1.54, 1.807) is 0 Å². The van der Waals surface area contributed by atoms with E-state index < -0.39 is 0 Å². The fourth-order valence-corrected chi connectivity index (χ4v) is 2.61. The van der Waals surface area contributed by atoms with Crippen LogP contribution < -0.4 is 5.32 Å². The fraction of sp³-hybridized carbons (Fsp3) is 1.00. The van der Waals surface area contributed by atoms with Gasteiger partial charge >= 0.3 is 0 Å². The minimum Gasteiger partial charge on any atom is -0.314 e. The maximum absolute atomic E-state index is 3.41. The lowest BCUT2D eigenvalue weighted by Crippen LogP contribution is -2.62. The van der Waals surface area contributed by atoms with Crippen LogP contribution >= 0.6 is 0 Å². The summed E-state index contributed by atoms with van der Waals surface area (Å²) in [7, 11) is 4.30. The molecule has 0 aromatic carbocycles. The van der Waals surface area contributed by atoms with Gasteiger partial charge < -0.3 is 15.1 Å². The Hall–Kier alpha value is -0.160. The number of hydrogen-bond acceptors (Lipinski definition) is 4. The molecule has 94 valence electrons. The molecule has 2 aliphatic rings. The predicted molar refractivity (Wildman–Crippen MR) is 67.8 cm³/mol. The van der Waals surface area contributed by atoms with E-state index in [1.807, 2.05) is 0 Å². The molecule has 0 radical (unpaired) electrons. The van der Waals surface area contributed by atoms with E-state index in [9.17, 15) is 0 Å². The van der Waals surface area contributed by atoms with Gasteiger partial charge in [0.05, 0.1) is 0 Å². The lowest BCUT2D eigenvalue weighted by Gasteiger charge is -2.47. The molecule has 1 N–H and O–H groups in total. The summed E-state index contributed by atoms with van der Waals surface area (Å²) in [6, 6.07) is 0.849. The SMILES string of the molecule is CN(C)CCCN1CC(N2CCNCC2)C1. The molecule has 2 fully saturated rings. The molecule has 0 aliphatic carbocycles. The largest absolute Gasteiger partial charge is 0.314 e. The first-order valence-corrected chi connectivity index (χ1v) is 6.57. The van der Waals surface area contributed by atoms with Crippen LogP contribution in [0.2, 0.25) is 0 Å². The zero-order valence-corrected chi connectivity index (χ0v) is 10.8. The van der Waals surface area contributed by atoms with E-state index in [1.165, 1.54) is 58.8 Å². The van der Waals surface area contributed by atoms with Gasteiger partial charge in [-0.15, -0.1) is 0 Å². The molecule has 0 aromatic heterocycles. The number of rotatable bonds is 5. The molecule has 0 unspecified atom stereocenters. The third-order valence-electron chi connectivity index (χ3n) is 3.69. The van der Waals surface area contributed by atoms with Gasteiger partial charge in [0.15, 0.2) is 0 Å². The second-order valence-electron chi connectivity index (χ2n) is 5.36. The van der Waals surface area contributed by atoms with Crippen molar-refractivity contribution in [2.24, 2.45) is 0 Å². The van der Waals surface area contributed by atoms with Crippen LogP contribution in [0.1, 0.15) is 6.42 Å². The molecular weight excluding hydrogens is 200 g/mol. The van der Waals surface area contributed by atoms with E-state index in [0.717, 1.165) is 6.04 Å². The quantitative estimate of drug-likeness (QED) is 0.684. The lowest BCUT2D eigenvalue weighted by atomic mass is 10.1. The zero-order chi connectivity index (χ0) is 11.4. The third kappa shape index (κ3) is 3.42. The number of hydrogen-bond donors (Lipinski definition) is 1. The highest BCUT2D eigenvalue weighted by Crippen LogP contribution is 2.15. The van der Waals surface area contributed by atoms with Crippen LogP contribution in [-0.2, 0) is 0 Å². The van der Waals surface area contributed by atoms with E-state index in [4.69, 9.17) is 0 Å². The second-order valence-corrected chi connectivity index (χ2v) is 5.36. The van der Waals surface area contributed by atoms with Crippen LogP contribution in [0.15, 0.2) is 0 Å². The van der Waals surface area contributed by atoms with Gasteiger partial charge in [0.1, 0.15) is 0 Å². The molecule has 0 amide bonds. The van der Waals surface area contributed by atoms with Crippen molar-refractivity contribution in [1.29, 1.82) is 0 Å². The van der Waals surface area contributed by atoms with Gasteiger partial charge in [-0.2, -0.15) is 0 Å². The fourth-order valence-electron chi connectivity index (χ4n) is 2.61. The predicted octanol–water partition coefficient (Wildman–Crippen LogP) is -0.472. The molecule has 0 saturated carbocycles. The first kappa shape index (κ1) is 12.3. The van der Waals surface area contributed by atoms with Crippen LogP contribution in [0, 0.1) is 0 Å². The average molecular weight is 226 g/mol. The third-order valence-corrected chi connectivity index (χ3v) is 3.69. The highest BCUT2D eigenvalue weighted by atomic mass is 15.3. The first-order chi connectivity index (χ1) is 7.75. The second kappa shape index (κ2) is 5.96. The van der Waals surface area contributed by atoms with Gasteiger partial charge in [0.2, 0.25) is 0 Å². The van der Waals surface area contributed by atoms with Crippen molar-refractivity contribution in [2.45, 2.75) is 12.5 Å². The number of likely N-dealkylation sites (tertiary alicyclic amines) is 1. The molecule has 0 aromatic rings. The lowest BCUT2D eigenvalue weighted by molar-refractivity contribution is 0.0258. The van der Waals surface area contributed by atoms with Gasteiger partial charge in [0, 0.05) is 45.3 Å². The Bertz CT molecular complexity index is 195. The summed E-state index contributed by atoms with van der Waals surface area (Å²) < 4.78 is 0. The molecule has 0 atom stereocenters. The molecule has 2 aliphatic heterocycles. The van der Waals surface area contributed by atoms with E-state index in [-0.39, 0.29) is 0 Å². The van der Waals surface area contributed by atoms with Crippen molar-refractivity contribution in [2.75, 3.05) is 66.5 Å². The molecular formula is C12H26N4. The van der Waals surface area contributed by atoms with Crippen LogP contribution in [0.3, 0.4) is 0 Å². The van der Waals surface area contributed by atoms with Crippen molar-refractivity contribution in [3.05, 3.63) is 0 Å². The normalized spacial score (nSPS) is 24.9. The standard InChI is InChI=1S/C12H26N4/c1-14(2)6-3-7-15-10-12(11-15)16-8-4-13-5-9-16/h12-13H,3-11H2,1-2H3. The summed E-state index contributed by atoms with van der Waals surface area (Å²) in [5.41, 5.74) is 0. The average Bonchev–Trinajstić information content (AvgIpc) is 2.22. The molecule has 2 saturated heterocycles. The van der Waals surface area contributed by atoms with Crippen LogP contribution in [0.4, 0.5) is 0 Å². The molecule has 4 heteroatoms. The Morgan fingerprint density at radius 3 is 2.50 bits per heavy atom. The maximum atomic E-state index is 3.41. The van der Waals surface area contributed by atoms with Crippen molar-refractivity contribution in [1.82, 2.24) is 20.0 Å². The Morgan fingerprint density at radius 1 is 1.19 bits per heavy atom. The van der Waals surface area contributed by atoms with Crippen molar-refractivity contribution in [3.63, 3.8) is 0 Å². The first-order valence-electron chi connectivity index (χ1n) is 6.57. The highest BCUT2D eigenvalue weighted by Gasteiger charge is 2.31. The summed E-state index contributed by atoms with van der Waals surface area (Å²) in [5.74, 6) is 0. The van der Waals surface area contributed by atoms with Crippen LogP contribution in [-0.4, -0.2) is 87.2 Å². The Balaban J connectivity index is 1.55. The minimum atomic E-state index is 0.849. The van der Waals surface area contributed by atoms with Crippen molar-refractivity contribution < 1.29 is 0 Å². The smallest absolute Gasteiger partial charge is 0.0351 e. The summed E-state index contributed by atoms with van der Waals surface area (Å²) in [5, 5.41) is 3.41. The molecule has 4 nitrogen and oxygen atoms in total.